The summed E-state index contributed by atoms with van der Waals surface area (Å²) in [7, 11) is 0. The second-order valence-electron chi connectivity index (χ2n) is 4.36. The maximum Gasteiger partial charge on any atom is 0.137 e. The van der Waals surface area contributed by atoms with Crippen LogP contribution >= 0.6 is 11.6 Å². The topological polar surface area (TPSA) is 29.1 Å². The van der Waals surface area contributed by atoms with Gasteiger partial charge in [-0.1, -0.05) is 24.6 Å². The van der Waals surface area contributed by atoms with Crippen molar-refractivity contribution < 1.29 is 9.18 Å². The van der Waals surface area contributed by atoms with Crippen LogP contribution < -0.4 is 5.32 Å². The molecular formula is C13H15ClFNO. The van der Waals surface area contributed by atoms with Crippen molar-refractivity contribution in [1.82, 2.24) is 5.32 Å². The molecule has 1 heterocycles. The summed E-state index contributed by atoms with van der Waals surface area (Å²) in [6.07, 6.45) is 0.498. The minimum Gasteiger partial charge on any atom is -0.315 e. The molecule has 4 heteroatoms. The zero-order valence-corrected chi connectivity index (χ0v) is 10.4. The molecule has 0 saturated carbocycles. The van der Waals surface area contributed by atoms with Gasteiger partial charge in [0.2, 0.25) is 0 Å². The van der Waals surface area contributed by atoms with Crippen LogP contribution in [0.15, 0.2) is 18.2 Å². The molecule has 0 radical (unpaired) electrons. The lowest BCUT2D eigenvalue weighted by atomic mass is 9.85. The Labute approximate surface area is 105 Å². The van der Waals surface area contributed by atoms with Crippen LogP contribution in [0.3, 0.4) is 0 Å². The second-order valence-corrected chi connectivity index (χ2v) is 4.79. The SMILES string of the molecule is CCC(=O)[C@H]1CNC[C@@H]1c1ccc(Cl)cc1F. The summed E-state index contributed by atoms with van der Waals surface area (Å²) < 4.78 is 13.8. The first-order valence-corrected chi connectivity index (χ1v) is 6.19. The summed E-state index contributed by atoms with van der Waals surface area (Å²) in [5.41, 5.74) is 0.589. The molecule has 0 aliphatic carbocycles. The van der Waals surface area contributed by atoms with Crippen LogP contribution in [0.4, 0.5) is 4.39 Å². The third-order valence-electron chi connectivity index (χ3n) is 3.34. The molecule has 1 aliphatic rings. The smallest absolute Gasteiger partial charge is 0.137 e. The molecule has 1 saturated heterocycles. The van der Waals surface area contributed by atoms with E-state index in [0.717, 1.165) is 0 Å². The zero-order valence-electron chi connectivity index (χ0n) is 9.67. The summed E-state index contributed by atoms with van der Waals surface area (Å²) in [5, 5.41) is 3.54. The molecule has 2 rings (SSSR count). The van der Waals surface area contributed by atoms with Crippen LogP contribution in [-0.4, -0.2) is 18.9 Å². The number of nitrogens with one attached hydrogen (secondary N) is 1. The van der Waals surface area contributed by atoms with Gasteiger partial charge in [-0.2, -0.15) is 0 Å². The molecule has 2 atom stereocenters. The van der Waals surface area contributed by atoms with Crippen molar-refractivity contribution in [1.29, 1.82) is 0 Å². The van der Waals surface area contributed by atoms with Gasteiger partial charge in [0.15, 0.2) is 0 Å². The molecule has 1 aliphatic heterocycles. The van der Waals surface area contributed by atoms with Crippen molar-refractivity contribution in [3.8, 4) is 0 Å². The molecule has 1 N–H and O–H groups in total. The molecule has 1 aromatic carbocycles. The Morgan fingerprint density at radius 2 is 2.29 bits per heavy atom. The van der Waals surface area contributed by atoms with Gasteiger partial charge in [-0.05, 0) is 17.7 Å². The van der Waals surface area contributed by atoms with Gasteiger partial charge in [0, 0.05) is 36.4 Å². The molecule has 0 aromatic heterocycles. The van der Waals surface area contributed by atoms with E-state index in [1.165, 1.54) is 6.07 Å². The third kappa shape index (κ3) is 2.50. The molecule has 17 heavy (non-hydrogen) atoms. The maximum atomic E-state index is 13.8. The third-order valence-corrected chi connectivity index (χ3v) is 3.57. The number of hydrogen-bond acceptors (Lipinski definition) is 2. The zero-order chi connectivity index (χ0) is 12.4. The Morgan fingerprint density at radius 1 is 1.53 bits per heavy atom. The van der Waals surface area contributed by atoms with Crippen molar-refractivity contribution in [3.63, 3.8) is 0 Å². The largest absolute Gasteiger partial charge is 0.315 e. The lowest BCUT2D eigenvalue weighted by Gasteiger charge is -2.18. The average Bonchev–Trinajstić information content (AvgIpc) is 2.77. The highest BCUT2D eigenvalue weighted by Gasteiger charge is 2.34. The normalized spacial score (nSPS) is 23.9. The van der Waals surface area contributed by atoms with E-state index < -0.39 is 0 Å². The number of benzene rings is 1. The van der Waals surface area contributed by atoms with Crippen LogP contribution in [0.1, 0.15) is 24.8 Å². The number of carbonyl (C=O) groups is 1. The second kappa shape index (κ2) is 5.15. The van der Waals surface area contributed by atoms with E-state index in [-0.39, 0.29) is 23.4 Å². The van der Waals surface area contributed by atoms with Gasteiger partial charge in [-0.25, -0.2) is 4.39 Å². The molecular weight excluding hydrogens is 241 g/mol. The number of rotatable bonds is 3. The van der Waals surface area contributed by atoms with Crippen molar-refractivity contribution >= 4 is 17.4 Å². The number of Topliss-reactive ketones (excluding diaryl/α,β-unsaturated/α-hetero) is 1. The summed E-state index contributed by atoms with van der Waals surface area (Å²) in [5.74, 6) is -0.315. The van der Waals surface area contributed by atoms with E-state index in [4.69, 9.17) is 11.6 Å². The van der Waals surface area contributed by atoms with Gasteiger partial charge in [0.05, 0.1) is 0 Å². The fraction of sp³-hybridized carbons (Fsp3) is 0.462. The van der Waals surface area contributed by atoms with E-state index in [0.29, 0.717) is 30.1 Å². The van der Waals surface area contributed by atoms with E-state index in [1.54, 1.807) is 12.1 Å². The van der Waals surface area contributed by atoms with E-state index >= 15 is 0 Å². The van der Waals surface area contributed by atoms with Crippen molar-refractivity contribution in [3.05, 3.63) is 34.6 Å². The van der Waals surface area contributed by atoms with Crippen LogP contribution in [0.5, 0.6) is 0 Å². The van der Waals surface area contributed by atoms with Gasteiger partial charge in [-0.15, -0.1) is 0 Å². The fourth-order valence-electron chi connectivity index (χ4n) is 2.41. The summed E-state index contributed by atoms with van der Waals surface area (Å²) in [6.45, 7) is 3.13. The van der Waals surface area contributed by atoms with E-state index in [1.807, 2.05) is 6.92 Å². The van der Waals surface area contributed by atoms with Gasteiger partial charge < -0.3 is 5.32 Å². The lowest BCUT2D eigenvalue weighted by Crippen LogP contribution is -2.21. The molecule has 0 unspecified atom stereocenters. The average molecular weight is 256 g/mol. The monoisotopic (exact) mass is 255 g/mol. The Hall–Kier alpha value is -0.930. The predicted molar refractivity (Wildman–Crippen MR) is 65.8 cm³/mol. The van der Waals surface area contributed by atoms with Crippen molar-refractivity contribution in [2.75, 3.05) is 13.1 Å². The first-order chi connectivity index (χ1) is 8.13. The molecule has 1 aromatic rings. The highest BCUT2D eigenvalue weighted by Crippen LogP contribution is 2.32. The minimum atomic E-state index is -0.319. The van der Waals surface area contributed by atoms with Crippen LogP contribution in [0.2, 0.25) is 5.02 Å². The van der Waals surface area contributed by atoms with Crippen LogP contribution in [-0.2, 0) is 4.79 Å². The fourth-order valence-corrected chi connectivity index (χ4v) is 2.57. The highest BCUT2D eigenvalue weighted by atomic mass is 35.5. The number of hydrogen-bond donors (Lipinski definition) is 1. The highest BCUT2D eigenvalue weighted by molar-refractivity contribution is 6.30. The van der Waals surface area contributed by atoms with Gasteiger partial charge >= 0.3 is 0 Å². The number of carbonyl (C=O) groups excluding carboxylic acids is 1. The van der Waals surface area contributed by atoms with Gasteiger partial charge in [-0.3, -0.25) is 4.79 Å². The Kier molecular flexibility index (Phi) is 3.79. The first-order valence-electron chi connectivity index (χ1n) is 5.82. The molecule has 0 spiro atoms. The number of ketones is 1. The Balaban J connectivity index is 2.29. The van der Waals surface area contributed by atoms with Crippen LogP contribution in [0, 0.1) is 11.7 Å². The van der Waals surface area contributed by atoms with Crippen molar-refractivity contribution in [2.24, 2.45) is 5.92 Å². The standard InChI is InChI=1S/C13H15ClFNO/c1-2-13(17)11-7-16-6-10(11)9-4-3-8(14)5-12(9)15/h3-5,10-11,16H,2,6-7H2,1H3/t10-,11+/m1/s1. The molecule has 0 amide bonds. The van der Waals surface area contributed by atoms with Crippen molar-refractivity contribution in [2.45, 2.75) is 19.3 Å². The first kappa shape index (κ1) is 12.5. The molecule has 1 fully saturated rings. The van der Waals surface area contributed by atoms with E-state index in [9.17, 15) is 9.18 Å². The van der Waals surface area contributed by atoms with Gasteiger partial charge in [0.1, 0.15) is 11.6 Å². The van der Waals surface area contributed by atoms with Gasteiger partial charge in [0.25, 0.3) is 0 Å². The lowest BCUT2D eigenvalue weighted by molar-refractivity contribution is -0.122. The minimum absolute atomic E-state index is 0.0697. The molecule has 0 bridgehead atoms. The predicted octanol–water partition coefficient (Wildman–Crippen LogP) is 2.76. The summed E-state index contributed by atoms with van der Waals surface area (Å²) in [6, 6.07) is 4.67. The quantitative estimate of drug-likeness (QED) is 0.900. The maximum absolute atomic E-state index is 13.8. The molecule has 92 valence electrons. The summed E-state index contributed by atoms with van der Waals surface area (Å²) >= 11 is 5.73. The molecule has 2 nitrogen and oxygen atoms in total. The summed E-state index contributed by atoms with van der Waals surface area (Å²) in [4.78, 5) is 11.8. The Bertz CT molecular complexity index is 435. The van der Waals surface area contributed by atoms with E-state index in [2.05, 4.69) is 5.32 Å². The Morgan fingerprint density at radius 3 is 2.94 bits per heavy atom. The van der Waals surface area contributed by atoms with Crippen LogP contribution in [0.25, 0.3) is 0 Å². The number of halogens is 2.